The maximum atomic E-state index is 12.3. The highest BCUT2D eigenvalue weighted by Crippen LogP contribution is 2.27. The van der Waals surface area contributed by atoms with E-state index in [2.05, 4.69) is 30.1 Å². The predicted octanol–water partition coefficient (Wildman–Crippen LogP) is 4.09. The number of carbonyl (C=O) groups excluding carboxylic acids is 1. The van der Waals surface area contributed by atoms with Crippen LogP contribution < -0.4 is 20.3 Å². The standard InChI is InChI=1S/C19H17N7O3S/c1-26(2)14-5-3-4-13(10-14)23-18(27)22-12-6-8-15(9-7-12)28-19-24-16(25-30-19)17-20-11-21-29-17/h3-11H,1-2H3,(H2,22,23,27). The molecule has 0 aliphatic rings. The molecular weight excluding hydrogens is 406 g/mol. The van der Waals surface area contributed by atoms with E-state index in [9.17, 15) is 4.79 Å². The van der Waals surface area contributed by atoms with Gasteiger partial charge in [-0.3, -0.25) is 0 Å². The summed E-state index contributed by atoms with van der Waals surface area (Å²) in [6, 6.07) is 14.1. The maximum absolute atomic E-state index is 12.3. The molecule has 0 aliphatic heterocycles. The van der Waals surface area contributed by atoms with E-state index in [1.54, 1.807) is 24.3 Å². The lowest BCUT2D eigenvalue weighted by molar-refractivity contribution is 0.262. The summed E-state index contributed by atoms with van der Waals surface area (Å²) in [5.41, 5.74) is 2.31. The third-order valence-corrected chi connectivity index (χ3v) is 4.49. The largest absolute Gasteiger partial charge is 0.430 e. The number of aromatic nitrogens is 4. The topological polar surface area (TPSA) is 118 Å². The van der Waals surface area contributed by atoms with Crippen molar-refractivity contribution in [1.82, 2.24) is 19.5 Å². The Kier molecular flexibility index (Phi) is 5.52. The van der Waals surface area contributed by atoms with Gasteiger partial charge in [0.05, 0.1) is 0 Å². The molecule has 4 rings (SSSR count). The van der Waals surface area contributed by atoms with Gasteiger partial charge in [-0.2, -0.15) is 14.3 Å². The fraction of sp³-hybridized carbons (Fsp3) is 0.105. The molecule has 2 N–H and O–H groups in total. The number of urea groups is 1. The van der Waals surface area contributed by atoms with Crippen molar-refractivity contribution in [3.8, 4) is 22.7 Å². The number of nitrogens with zero attached hydrogens (tertiary/aromatic N) is 5. The minimum atomic E-state index is -0.340. The van der Waals surface area contributed by atoms with Gasteiger partial charge in [-0.1, -0.05) is 11.2 Å². The highest BCUT2D eigenvalue weighted by molar-refractivity contribution is 7.07. The molecule has 2 aromatic carbocycles. The number of benzene rings is 2. The molecule has 0 aliphatic carbocycles. The summed E-state index contributed by atoms with van der Waals surface area (Å²) in [5, 5.41) is 9.45. The van der Waals surface area contributed by atoms with Crippen molar-refractivity contribution in [2.24, 2.45) is 0 Å². The van der Waals surface area contributed by atoms with Crippen molar-refractivity contribution < 1.29 is 14.1 Å². The SMILES string of the molecule is CN(C)c1cccc(NC(=O)Nc2ccc(Oc3nc(-c4ncno4)ns3)cc2)c1. The van der Waals surface area contributed by atoms with E-state index >= 15 is 0 Å². The first-order valence-electron chi connectivity index (χ1n) is 8.81. The molecule has 4 aromatic rings. The Labute approximate surface area is 175 Å². The molecule has 2 aromatic heterocycles. The molecular formula is C19H17N7O3S. The Hall–Kier alpha value is -3.99. The van der Waals surface area contributed by atoms with Gasteiger partial charge in [-0.05, 0) is 42.5 Å². The van der Waals surface area contributed by atoms with E-state index < -0.39 is 0 Å². The lowest BCUT2D eigenvalue weighted by atomic mass is 10.2. The molecule has 0 unspecified atom stereocenters. The van der Waals surface area contributed by atoms with Crippen LogP contribution in [0.15, 0.2) is 59.4 Å². The van der Waals surface area contributed by atoms with Crippen LogP contribution >= 0.6 is 11.5 Å². The lowest BCUT2D eigenvalue weighted by Gasteiger charge is -2.14. The van der Waals surface area contributed by atoms with Crippen LogP contribution in [-0.2, 0) is 0 Å². The minimum Gasteiger partial charge on any atom is -0.430 e. The van der Waals surface area contributed by atoms with Crippen molar-refractivity contribution in [3.63, 3.8) is 0 Å². The Morgan fingerprint density at radius 1 is 1.10 bits per heavy atom. The molecule has 2 amide bonds. The quantitative estimate of drug-likeness (QED) is 0.476. The highest BCUT2D eigenvalue weighted by atomic mass is 32.1. The summed E-state index contributed by atoms with van der Waals surface area (Å²) in [4.78, 5) is 22.3. The second-order valence-electron chi connectivity index (χ2n) is 6.28. The molecule has 30 heavy (non-hydrogen) atoms. The van der Waals surface area contributed by atoms with Crippen LogP contribution in [0.25, 0.3) is 11.7 Å². The zero-order valence-corrected chi connectivity index (χ0v) is 16.9. The average molecular weight is 423 g/mol. The number of ether oxygens (including phenoxy) is 1. The number of amides is 2. The average Bonchev–Trinajstić information content (AvgIpc) is 3.41. The van der Waals surface area contributed by atoms with Gasteiger partial charge in [-0.25, -0.2) is 4.79 Å². The van der Waals surface area contributed by atoms with Crippen molar-refractivity contribution in [2.45, 2.75) is 0 Å². The number of rotatable bonds is 6. The fourth-order valence-electron chi connectivity index (χ4n) is 2.47. The summed E-state index contributed by atoms with van der Waals surface area (Å²) < 4.78 is 14.7. The molecule has 10 nitrogen and oxygen atoms in total. The number of carbonyl (C=O) groups is 1. The van der Waals surface area contributed by atoms with Crippen LogP contribution in [0.3, 0.4) is 0 Å². The van der Waals surface area contributed by atoms with Crippen LogP contribution in [0.5, 0.6) is 10.9 Å². The summed E-state index contributed by atoms with van der Waals surface area (Å²) in [6.07, 6.45) is 1.28. The van der Waals surface area contributed by atoms with Gasteiger partial charge in [0.15, 0.2) is 6.33 Å². The van der Waals surface area contributed by atoms with Gasteiger partial charge in [0.25, 0.3) is 11.1 Å². The van der Waals surface area contributed by atoms with Crippen LogP contribution in [0, 0.1) is 0 Å². The summed E-state index contributed by atoms with van der Waals surface area (Å²) in [6.45, 7) is 0. The van der Waals surface area contributed by atoms with Crippen molar-refractivity contribution in [3.05, 3.63) is 54.9 Å². The fourth-order valence-corrected chi connectivity index (χ4v) is 3.02. The van der Waals surface area contributed by atoms with Gasteiger partial charge < -0.3 is 24.8 Å². The molecule has 152 valence electrons. The maximum Gasteiger partial charge on any atom is 0.323 e. The van der Waals surface area contributed by atoms with Crippen LogP contribution in [0.4, 0.5) is 21.9 Å². The molecule has 0 fully saturated rings. The first-order valence-corrected chi connectivity index (χ1v) is 9.58. The van der Waals surface area contributed by atoms with Crippen LogP contribution in [0.2, 0.25) is 0 Å². The molecule has 0 atom stereocenters. The normalized spacial score (nSPS) is 10.5. The first kappa shape index (κ1) is 19.3. The third-order valence-electron chi connectivity index (χ3n) is 3.90. The van der Waals surface area contributed by atoms with Crippen LogP contribution in [0.1, 0.15) is 0 Å². The summed E-state index contributed by atoms with van der Waals surface area (Å²) >= 11 is 1.07. The van der Waals surface area contributed by atoms with E-state index in [-0.39, 0.29) is 11.9 Å². The smallest absolute Gasteiger partial charge is 0.323 e. The Balaban J connectivity index is 1.34. The zero-order valence-electron chi connectivity index (χ0n) is 16.1. The Morgan fingerprint density at radius 2 is 1.90 bits per heavy atom. The monoisotopic (exact) mass is 423 g/mol. The molecule has 0 radical (unpaired) electrons. The molecule has 0 bridgehead atoms. The minimum absolute atomic E-state index is 0.225. The number of hydrogen-bond acceptors (Lipinski definition) is 9. The van der Waals surface area contributed by atoms with Crippen molar-refractivity contribution in [1.29, 1.82) is 0 Å². The lowest BCUT2D eigenvalue weighted by Crippen LogP contribution is -2.19. The van der Waals surface area contributed by atoms with E-state index in [0.29, 0.717) is 28.1 Å². The second kappa shape index (κ2) is 8.57. The summed E-state index contributed by atoms with van der Waals surface area (Å²) in [5.74, 6) is 1.08. The van der Waals surface area contributed by atoms with Gasteiger partial charge in [0, 0.05) is 42.7 Å². The van der Waals surface area contributed by atoms with Gasteiger partial charge in [0.2, 0.25) is 5.82 Å². The first-order chi connectivity index (χ1) is 14.6. The van der Waals surface area contributed by atoms with Crippen LogP contribution in [-0.4, -0.2) is 39.6 Å². The van der Waals surface area contributed by atoms with E-state index in [1.165, 1.54) is 6.33 Å². The second-order valence-corrected chi connectivity index (χ2v) is 7.00. The van der Waals surface area contributed by atoms with E-state index in [0.717, 1.165) is 17.2 Å². The highest BCUT2D eigenvalue weighted by Gasteiger charge is 2.13. The molecule has 2 heterocycles. The number of nitrogens with one attached hydrogen (secondary N) is 2. The van der Waals surface area contributed by atoms with Gasteiger partial charge in [0.1, 0.15) is 5.75 Å². The molecule has 0 saturated heterocycles. The number of hydrogen-bond donors (Lipinski definition) is 2. The Bertz CT molecular complexity index is 1130. The zero-order chi connectivity index (χ0) is 20.9. The van der Waals surface area contributed by atoms with Crippen molar-refractivity contribution in [2.75, 3.05) is 29.6 Å². The third kappa shape index (κ3) is 4.70. The van der Waals surface area contributed by atoms with Gasteiger partial charge in [-0.15, -0.1) is 0 Å². The Morgan fingerprint density at radius 3 is 2.63 bits per heavy atom. The number of anilines is 3. The molecule has 0 spiro atoms. The van der Waals surface area contributed by atoms with E-state index in [4.69, 9.17) is 9.26 Å². The molecule has 0 saturated carbocycles. The van der Waals surface area contributed by atoms with E-state index in [1.807, 2.05) is 43.3 Å². The predicted molar refractivity (Wildman–Crippen MR) is 113 cm³/mol. The van der Waals surface area contributed by atoms with Crippen molar-refractivity contribution >= 4 is 34.6 Å². The molecule has 11 heteroatoms. The van der Waals surface area contributed by atoms with Gasteiger partial charge >= 0.3 is 6.03 Å². The summed E-state index contributed by atoms with van der Waals surface area (Å²) in [7, 11) is 3.88.